The molecule has 0 saturated carbocycles. The smallest absolute Gasteiger partial charge is 0.133 e. The summed E-state index contributed by atoms with van der Waals surface area (Å²) in [6.07, 6.45) is 4.00. The van der Waals surface area contributed by atoms with Crippen molar-refractivity contribution >= 4 is 15.9 Å². The van der Waals surface area contributed by atoms with Gasteiger partial charge in [0.15, 0.2) is 0 Å². The molecule has 0 spiro atoms. The van der Waals surface area contributed by atoms with E-state index in [1.807, 2.05) is 12.1 Å². The van der Waals surface area contributed by atoms with Crippen molar-refractivity contribution < 1.29 is 9.47 Å². The maximum absolute atomic E-state index is 5.62. The average Bonchev–Trinajstić information content (AvgIpc) is 2.56. The molecule has 0 aliphatic carbocycles. The van der Waals surface area contributed by atoms with E-state index in [0.29, 0.717) is 6.04 Å². The molecule has 0 unspecified atom stereocenters. The van der Waals surface area contributed by atoms with Crippen LogP contribution in [0.3, 0.4) is 0 Å². The Morgan fingerprint density at radius 2 is 1.95 bits per heavy atom. The zero-order valence-corrected chi connectivity index (χ0v) is 15.0. The molecule has 5 heteroatoms. The summed E-state index contributed by atoms with van der Waals surface area (Å²) in [5.74, 6) is 1.75. The molecule has 1 atom stereocenters. The van der Waals surface area contributed by atoms with Gasteiger partial charge in [0, 0.05) is 37.8 Å². The highest BCUT2D eigenvalue weighted by molar-refractivity contribution is 9.10. The second kappa shape index (κ2) is 8.56. The lowest BCUT2D eigenvalue weighted by Crippen LogP contribution is -2.45. The number of halogens is 1. The van der Waals surface area contributed by atoms with Crippen LogP contribution >= 0.6 is 15.9 Å². The lowest BCUT2D eigenvalue weighted by Gasteiger charge is -2.36. The summed E-state index contributed by atoms with van der Waals surface area (Å²) in [6.45, 7) is 8.01. The highest BCUT2D eigenvalue weighted by Crippen LogP contribution is 2.39. The number of benzene rings is 1. The maximum Gasteiger partial charge on any atom is 0.133 e. The molecule has 1 saturated heterocycles. The van der Waals surface area contributed by atoms with Gasteiger partial charge in [0.1, 0.15) is 11.5 Å². The second-order valence-electron chi connectivity index (χ2n) is 5.40. The topological polar surface area (TPSA) is 33.7 Å². The van der Waals surface area contributed by atoms with Crippen molar-refractivity contribution in [1.29, 1.82) is 0 Å². The monoisotopic (exact) mass is 368 g/mol. The van der Waals surface area contributed by atoms with Crippen LogP contribution in [-0.4, -0.2) is 45.3 Å². The number of nitrogens with one attached hydrogen (secondary N) is 1. The molecule has 122 valence electrons. The Kier molecular flexibility index (Phi) is 6.73. The number of hydrogen-bond donors (Lipinski definition) is 1. The Hall–Kier alpha value is -1.04. The minimum Gasteiger partial charge on any atom is -0.496 e. The second-order valence-corrected chi connectivity index (χ2v) is 6.25. The molecule has 0 amide bonds. The molecule has 1 aliphatic heterocycles. The molecule has 2 rings (SSSR count). The Labute approximate surface area is 141 Å². The molecule has 1 aromatic rings. The predicted octanol–water partition coefficient (Wildman–Crippen LogP) is 3.38. The van der Waals surface area contributed by atoms with Gasteiger partial charge in [-0.3, -0.25) is 4.90 Å². The quantitative estimate of drug-likeness (QED) is 0.748. The first-order chi connectivity index (χ1) is 10.7. The predicted molar refractivity (Wildman–Crippen MR) is 93.9 cm³/mol. The highest BCUT2D eigenvalue weighted by Gasteiger charge is 2.25. The van der Waals surface area contributed by atoms with Gasteiger partial charge in [-0.25, -0.2) is 0 Å². The number of ether oxygens (including phenoxy) is 2. The van der Waals surface area contributed by atoms with Crippen molar-refractivity contribution in [3.8, 4) is 11.5 Å². The largest absolute Gasteiger partial charge is 0.496 e. The van der Waals surface area contributed by atoms with E-state index in [0.717, 1.165) is 55.0 Å². The van der Waals surface area contributed by atoms with E-state index in [9.17, 15) is 0 Å². The van der Waals surface area contributed by atoms with Crippen LogP contribution in [0, 0.1) is 0 Å². The summed E-state index contributed by atoms with van der Waals surface area (Å²) in [4.78, 5) is 2.52. The molecular formula is C17H25BrN2O2. The molecule has 0 bridgehead atoms. The first kappa shape index (κ1) is 17.3. The Morgan fingerprint density at radius 1 is 1.27 bits per heavy atom. The molecule has 1 aliphatic rings. The molecule has 0 radical (unpaired) electrons. The zero-order valence-electron chi connectivity index (χ0n) is 13.4. The molecule has 1 N–H and O–H groups in total. The minimum absolute atomic E-state index is 0.317. The van der Waals surface area contributed by atoms with Gasteiger partial charge < -0.3 is 14.8 Å². The Balaban J connectivity index is 2.37. The fraction of sp³-hybridized carbons (Fsp3) is 0.529. The van der Waals surface area contributed by atoms with Gasteiger partial charge >= 0.3 is 0 Å². The zero-order chi connectivity index (χ0) is 15.9. The van der Waals surface area contributed by atoms with E-state index in [4.69, 9.17) is 9.47 Å². The van der Waals surface area contributed by atoms with Crippen LogP contribution in [0.4, 0.5) is 0 Å². The third-order valence-corrected chi connectivity index (χ3v) is 4.72. The summed E-state index contributed by atoms with van der Waals surface area (Å²) < 4.78 is 12.0. The first-order valence-corrected chi connectivity index (χ1v) is 8.47. The standard InChI is InChI=1S/C17H25BrN2O2/c1-4-5-6-15(20-9-7-19-8-10-20)13-11-17(22-3)14(18)12-16(13)21-2/h4,11-12,15,19H,1,5-10H2,2-3H3/t15-/m0/s1. The molecule has 22 heavy (non-hydrogen) atoms. The van der Waals surface area contributed by atoms with Gasteiger partial charge in [-0.1, -0.05) is 6.08 Å². The minimum atomic E-state index is 0.317. The normalized spacial score (nSPS) is 17.0. The van der Waals surface area contributed by atoms with E-state index in [1.165, 1.54) is 5.56 Å². The molecule has 1 aromatic carbocycles. The number of piperazine rings is 1. The van der Waals surface area contributed by atoms with Gasteiger partial charge in [0.2, 0.25) is 0 Å². The summed E-state index contributed by atoms with van der Waals surface area (Å²) >= 11 is 3.54. The van der Waals surface area contributed by atoms with Crippen molar-refractivity contribution in [2.24, 2.45) is 0 Å². The van der Waals surface area contributed by atoms with E-state index in [1.54, 1.807) is 14.2 Å². The SMILES string of the molecule is C=CCC[C@@H](c1cc(OC)c(Br)cc1OC)N1CCNCC1. The van der Waals surface area contributed by atoms with Gasteiger partial charge in [-0.15, -0.1) is 6.58 Å². The first-order valence-electron chi connectivity index (χ1n) is 7.68. The van der Waals surface area contributed by atoms with Crippen molar-refractivity contribution in [2.75, 3.05) is 40.4 Å². The van der Waals surface area contributed by atoms with Gasteiger partial charge in [-0.05, 0) is 40.9 Å². The fourth-order valence-electron chi connectivity index (χ4n) is 2.95. The molecule has 0 aromatic heterocycles. The van der Waals surface area contributed by atoms with E-state index in [-0.39, 0.29) is 0 Å². The van der Waals surface area contributed by atoms with E-state index < -0.39 is 0 Å². The number of rotatable bonds is 7. The average molecular weight is 369 g/mol. The third-order valence-electron chi connectivity index (χ3n) is 4.10. The summed E-state index contributed by atoms with van der Waals surface area (Å²) in [6, 6.07) is 4.41. The lowest BCUT2D eigenvalue weighted by molar-refractivity contribution is 0.163. The van der Waals surface area contributed by atoms with Gasteiger partial charge in [0.05, 0.1) is 18.7 Å². The summed E-state index contributed by atoms with van der Waals surface area (Å²) in [5.41, 5.74) is 1.19. The fourth-order valence-corrected chi connectivity index (χ4v) is 3.43. The maximum atomic E-state index is 5.62. The van der Waals surface area contributed by atoms with E-state index >= 15 is 0 Å². The number of allylic oxidation sites excluding steroid dienone is 1. The molecule has 1 heterocycles. The summed E-state index contributed by atoms with van der Waals surface area (Å²) in [5, 5.41) is 3.41. The van der Waals surface area contributed by atoms with Crippen LogP contribution in [0.25, 0.3) is 0 Å². The van der Waals surface area contributed by atoms with Crippen LogP contribution in [0.15, 0.2) is 29.3 Å². The molecular weight excluding hydrogens is 344 g/mol. The number of nitrogens with zero attached hydrogens (tertiary/aromatic N) is 1. The molecule has 1 fully saturated rings. The van der Waals surface area contributed by atoms with Crippen LogP contribution in [-0.2, 0) is 0 Å². The Bertz CT molecular complexity index is 502. The van der Waals surface area contributed by atoms with Gasteiger partial charge in [0.25, 0.3) is 0 Å². The van der Waals surface area contributed by atoms with Crippen molar-refractivity contribution in [2.45, 2.75) is 18.9 Å². The van der Waals surface area contributed by atoms with E-state index in [2.05, 4.69) is 38.8 Å². The third kappa shape index (κ3) is 4.03. The lowest BCUT2D eigenvalue weighted by atomic mass is 9.98. The molecule has 4 nitrogen and oxygen atoms in total. The highest BCUT2D eigenvalue weighted by atomic mass is 79.9. The Morgan fingerprint density at radius 3 is 2.55 bits per heavy atom. The van der Waals surface area contributed by atoms with Crippen molar-refractivity contribution in [3.63, 3.8) is 0 Å². The van der Waals surface area contributed by atoms with Crippen LogP contribution in [0.5, 0.6) is 11.5 Å². The number of hydrogen-bond acceptors (Lipinski definition) is 4. The van der Waals surface area contributed by atoms with Crippen LogP contribution < -0.4 is 14.8 Å². The summed E-state index contributed by atoms with van der Waals surface area (Å²) in [7, 11) is 3.42. The van der Waals surface area contributed by atoms with Gasteiger partial charge in [-0.2, -0.15) is 0 Å². The van der Waals surface area contributed by atoms with Crippen molar-refractivity contribution in [3.05, 3.63) is 34.8 Å². The van der Waals surface area contributed by atoms with Crippen LogP contribution in [0.1, 0.15) is 24.4 Å². The van der Waals surface area contributed by atoms with Crippen LogP contribution in [0.2, 0.25) is 0 Å². The number of methoxy groups -OCH3 is 2. The van der Waals surface area contributed by atoms with Crippen molar-refractivity contribution in [1.82, 2.24) is 10.2 Å².